The predicted octanol–water partition coefficient (Wildman–Crippen LogP) is 2.24. The van der Waals surface area contributed by atoms with Gasteiger partial charge in [-0.1, -0.05) is 0 Å². The normalized spacial score (nSPS) is 34.8. The third kappa shape index (κ3) is 3.63. The van der Waals surface area contributed by atoms with E-state index in [0.717, 1.165) is 84.1 Å². The van der Waals surface area contributed by atoms with E-state index in [1.807, 2.05) is 0 Å². The van der Waals surface area contributed by atoms with Gasteiger partial charge in [-0.05, 0) is 50.9 Å². The van der Waals surface area contributed by atoms with Gasteiger partial charge in [0.15, 0.2) is 0 Å². The lowest BCUT2D eigenvalue weighted by atomic mass is 9.72. The lowest BCUT2D eigenvalue weighted by Crippen LogP contribution is -2.59. The number of hydrogen-bond acceptors (Lipinski definition) is 4. The number of amides is 1. The minimum atomic E-state index is 0.0201. The van der Waals surface area contributed by atoms with Crippen LogP contribution < -0.4 is 0 Å². The molecule has 5 heteroatoms. The molecule has 0 aromatic carbocycles. The van der Waals surface area contributed by atoms with Gasteiger partial charge in [0.2, 0.25) is 5.91 Å². The van der Waals surface area contributed by atoms with Crippen molar-refractivity contribution in [3.05, 3.63) is 0 Å². The number of likely N-dealkylation sites (tertiary alicyclic amines) is 1. The van der Waals surface area contributed by atoms with Crippen LogP contribution in [-0.2, 0) is 19.0 Å². The summed E-state index contributed by atoms with van der Waals surface area (Å²) in [7, 11) is 0. The standard InChI is InChI=1S/C19H31NO4/c21-18(16-5-10-22-11-6-16)20-8-4-17-19(13-20,7-1-9-24-17)14-23-12-15-2-3-15/h15-17H,1-14H2/t17-,19+/m0/s1. The largest absolute Gasteiger partial charge is 0.381 e. The van der Waals surface area contributed by atoms with Gasteiger partial charge in [0.05, 0.1) is 12.7 Å². The first kappa shape index (κ1) is 16.8. The summed E-state index contributed by atoms with van der Waals surface area (Å²) in [6.45, 7) is 5.62. The van der Waals surface area contributed by atoms with Gasteiger partial charge >= 0.3 is 0 Å². The van der Waals surface area contributed by atoms with Crippen molar-refractivity contribution in [1.82, 2.24) is 4.90 Å². The molecule has 5 nitrogen and oxygen atoms in total. The van der Waals surface area contributed by atoms with Crippen LogP contribution >= 0.6 is 0 Å². The maximum atomic E-state index is 13.0. The number of ether oxygens (including phenoxy) is 3. The van der Waals surface area contributed by atoms with Gasteiger partial charge in [-0.2, -0.15) is 0 Å². The van der Waals surface area contributed by atoms with Crippen molar-refractivity contribution in [2.45, 2.75) is 51.0 Å². The van der Waals surface area contributed by atoms with Crippen LogP contribution in [0.25, 0.3) is 0 Å². The first-order valence-electron chi connectivity index (χ1n) is 9.83. The average Bonchev–Trinajstić information content (AvgIpc) is 3.45. The minimum absolute atomic E-state index is 0.0201. The highest BCUT2D eigenvalue weighted by molar-refractivity contribution is 5.79. The Hall–Kier alpha value is -0.650. The number of rotatable bonds is 5. The van der Waals surface area contributed by atoms with Gasteiger partial charge in [-0.3, -0.25) is 4.79 Å². The Morgan fingerprint density at radius 2 is 1.96 bits per heavy atom. The average molecular weight is 337 g/mol. The van der Waals surface area contributed by atoms with Crippen LogP contribution in [0.1, 0.15) is 44.9 Å². The molecule has 4 fully saturated rings. The molecular weight excluding hydrogens is 306 g/mol. The third-order valence-electron chi connectivity index (χ3n) is 6.31. The number of fused-ring (bicyclic) bond motifs is 1. The zero-order chi connectivity index (χ0) is 16.4. The van der Waals surface area contributed by atoms with E-state index in [4.69, 9.17) is 14.2 Å². The van der Waals surface area contributed by atoms with E-state index < -0.39 is 0 Å². The highest BCUT2D eigenvalue weighted by Gasteiger charge is 2.48. The molecule has 3 heterocycles. The first-order valence-corrected chi connectivity index (χ1v) is 9.83. The van der Waals surface area contributed by atoms with Gasteiger partial charge in [-0.15, -0.1) is 0 Å². The quantitative estimate of drug-likeness (QED) is 0.772. The predicted molar refractivity (Wildman–Crippen MR) is 89.7 cm³/mol. The fourth-order valence-corrected chi connectivity index (χ4v) is 4.61. The van der Waals surface area contributed by atoms with E-state index >= 15 is 0 Å². The second kappa shape index (κ2) is 7.30. The monoisotopic (exact) mass is 337 g/mol. The van der Waals surface area contributed by atoms with Crippen LogP contribution in [0, 0.1) is 17.3 Å². The molecule has 0 spiro atoms. The van der Waals surface area contributed by atoms with Crippen molar-refractivity contribution in [2.75, 3.05) is 46.1 Å². The van der Waals surface area contributed by atoms with E-state index in [2.05, 4.69) is 4.90 Å². The Balaban J connectivity index is 1.40. The molecule has 0 radical (unpaired) electrons. The Kier molecular flexibility index (Phi) is 5.11. The minimum Gasteiger partial charge on any atom is -0.381 e. The van der Waals surface area contributed by atoms with Crippen LogP contribution in [-0.4, -0.2) is 63.0 Å². The van der Waals surface area contributed by atoms with Gasteiger partial charge in [0.1, 0.15) is 0 Å². The molecule has 4 rings (SSSR count). The molecule has 0 aromatic heterocycles. The van der Waals surface area contributed by atoms with Crippen molar-refractivity contribution in [2.24, 2.45) is 17.3 Å². The van der Waals surface area contributed by atoms with Crippen LogP contribution in [0.2, 0.25) is 0 Å². The van der Waals surface area contributed by atoms with Crippen molar-refractivity contribution in [3.8, 4) is 0 Å². The van der Waals surface area contributed by atoms with Crippen molar-refractivity contribution < 1.29 is 19.0 Å². The van der Waals surface area contributed by atoms with Gasteiger partial charge < -0.3 is 19.1 Å². The molecule has 1 amide bonds. The maximum Gasteiger partial charge on any atom is 0.225 e. The number of carbonyl (C=O) groups is 1. The van der Waals surface area contributed by atoms with Crippen LogP contribution in [0.3, 0.4) is 0 Å². The highest BCUT2D eigenvalue weighted by Crippen LogP contribution is 2.41. The first-order chi connectivity index (χ1) is 11.8. The molecule has 0 N–H and O–H groups in total. The molecule has 1 saturated carbocycles. The smallest absolute Gasteiger partial charge is 0.225 e. The summed E-state index contributed by atoms with van der Waals surface area (Å²) in [5.74, 6) is 1.28. The molecule has 0 aromatic rings. The van der Waals surface area contributed by atoms with Crippen LogP contribution in [0.15, 0.2) is 0 Å². The molecule has 136 valence electrons. The van der Waals surface area contributed by atoms with Crippen LogP contribution in [0.5, 0.6) is 0 Å². The lowest BCUT2D eigenvalue weighted by Gasteiger charge is -2.51. The molecule has 0 bridgehead atoms. The van der Waals surface area contributed by atoms with Gasteiger partial charge in [0.25, 0.3) is 0 Å². The van der Waals surface area contributed by atoms with Gasteiger partial charge in [0, 0.05) is 50.8 Å². The molecule has 24 heavy (non-hydrogen) atoms. The summed E-state index contributed by atoms with van der Waals surface area (Å²) in [4.78, 5) is 15.1. The summed E-state index contributed by atoms with van der Waals surface area (Å²) in [5, 5.41) is 0. The molecule has 1 aliphatic carbocycles. The van der Waals surface area contributed by atoms with E-state index in [-0.39, 0.29) is 17.4 Å². The fourth-order valence-electron chi connectivity index (χ4n) is 4.61. The maximum absolute atomic E-state index is 13.0. The molecular formula is C19H31NO4. The summed E-state index contributed by atoms with van der Waals surface area (Å²) in [6, 6.07) is 0. The molecule has 3 saturated heterocycles. The zero-order valence-electron chi connectivity index (χ0n) is 14.7. The topological polar surface area (TPSA) is 48.0 Å². The Morgan fingerprint density at radius 3 is 2.75 bits per heavy atom. The lowest BCUT2D eigenvalue weighted by molar-refractivity contribution is -0.169. The number of piperidine rings is 1. The third-order valence-corrected chi connectivity index (χ3v) is 6.31. The number of nitrogens with zero attached hydrogens (tertiary/aromatic N) is 1. The molecule has 0 unspecified atom stereocenters. The van der Waals surface area contributed by atoms with Crippen molar-refractivity contribution in [1.29, 1.82) is 0 Å². The van der Waals surface area contributed by atoms with E-state index in [1.54, 1.807) is 0 Å². The molecule has 3 aliphatic heterocycles. The van der Waals surface area contributed by atoms with Gasteiger partial charge in [-0.25, -0.2) is 0 Å². The summed E-state index contributed by atoms with van der Waals surface area (Å²) < 4.78 is 17.6. The van der Waals surface area contributed by atoms with E-state index in [9.17, 15) is 4.79 Å². The highest BCUT2D eigenvalue weighted by atomic mass is 16.5. The van der Waals surface area contributed by atoms with Crippen LogP contribution in [0.4, 0.5) is 0 Å². The number of carbonyl (C=O) groups excluding carboxylic acids is 1. The molecule has 4 aliphatic rings. The summed E-state index contributed by atoms with van der Waals surface area (Å²) in [6.07, 6.45) is 7.83. The Bertz CT molecular complexity index is 447. The van der Waals surface area contributed by atoms with E-state index in [0.29, 0.717) is 5.91 Å². The summed E-state index contributed by atoms with van der Waals surface area (Å²) in [5.41, 5.74) is 0.0201. The van der Waals surface area contributed by atoms with E-state index in [1.165, 1.54) is 12.8 Å². The number of hydrogen-bond donors (Lipinski definition) is 0. The van der Waals surface area contributed by atoms with Crippen molar-refractivity contribution in [3.63, 3.8) is 0 Å². The fraction of sp³-hybridized carbons (Fsp3) is 0.947. The second-order valence-electron chi connectivity index (χ2n) is 8.22. The van der Waals surface area contributed by atoms with Crippen molar-refractivity contribution >= 4 is 5.91 Å². The Morgan fingerprint density at radius 1 is 1.12 bits per heavy atom. The zero-order valence-corrected chi connectivity index (χ0v) is 14.7. The second-order valence-corrected chi connectivity index (χ2v) is 8.22. The SMILES string of the molecule is O=C(C1CCOCC1)N1CC[C@@H]2OCCC[C@]2(COCC2CC2)C1. The summed E-state index contributed by atoms with van der Waals surface area (Å²) >= 11 is 0. The Labute approximate surface area is 145 Å². The molecule has 2 atom stereocenters.